The summed E-state index contributed by atoms with van der Waals surface area (Å²) in [6, 6.07) is 18.1. The Kier molecular flexibility index (Phi) is 7.39. The largest absolute Gasteiger partial charge is 0.368 e. The maximum absolute atomic E-state index is 12.4. The highest BCUT2D eigenvalue weighted by Gasteiger charge is 2.22. The van der Waals surface area contributed by atoms with Crippen LogP contribution in [0.25, 0.3) is 0 Å². The minimum absolute atomic E-state index is 0.0260. The van der Waals surface area contributed by atoms with Gasteiger partial charge in [-0.1, -0.05) is 34.1 Å². The number of hydrogen-bond acceptors (Lipinski definition) is 4. The molecule has 0 spiro atoms. The molecule has 2 aromatic rings. The maximum atomic E-state index is 12.4. The summed E-state index contributed by atoms with van der Waals surface area (Å²) in [6.45, 7) is 4.86. The van der Waals surface area contributed by atoms with E-state index in [-0.39, 0.29) is 23.6 Å². The molecule has 1 atom stereocenters. The Hall–Kier alpha value is -1.99. The fraction of sp³-hybridized carbons (Fsp3) is 0.333. The van der Waals surface area contributed by atoms with E-state index >= 15 is 0 Å². The van der Waals surface area contributed by atoms with Crippen LogP contribution in [0.3, 0.4) is 0 Å². The zero-order chi connectivity index (χ0) is 19.9. The lowest BCUT2D eigenvalue weighted by Gasteiger charge is -2.36. The molecule has 1 N–H and O–H groups in total. The first-order valence-electron chi connectivity index (χ1n) is 9.30. The van der Waals surface area contributed by atoms with E-state index in [0.717, 1.165) is 22.5 Å². The van der Waals surface area contributed by atoms with Gasteiger partial charge in [-0.05, 0) is 43.3 Å². The minimum Gasteiger partial charge on any atom is -0.368 e. The van der Waals surface area contributed by atoms with Crippen LogP contribution < -0.4 is 10.2 Å². The molecule has 1 fully saturated rings. The number of para-hydroxylation sites is 1. The smallest absolute Gasteiger partial charge is 0.242 e. The number of carbonyl (C=O) groups is 2. The van der Waals surface area contributed by atoms with Gasteiger partial charge in [-0.2, -0.15) is 0 Å². The second kappa shape index (κ2) is 9.98. The summed E-state index contributed by atoms with van der Waals surface area (Å²) in [6.07, 6.45) is 0. The standard InChI is InChI=1S/C21H24BrN3O2S/c1-16(28-19-9-7-17(22)8-10-19)21(27)23-15-20(26)25-13-11-24(12-14-25)18-5-3-2-4-6-18/h2-10,16H,11-15H2,1H3,(H,23,27). The zero-order valence-corrected chi connectivity index (χ0v) is 18.2. The average molecular weight is 462 g/mol. The van der Waals surface area contributed by atoms with E-state index in [9.17, 15) is 9.59 Å². The molecular weight excluding hydrogens is 438 g/mol. The van der Waals surface area contributed by atoms with Crippen LogP contribution in [0.4, 0.5) is 5.69 Å². The van der Waals surface area contributed by atoms with Crippen molar-refractivity contribution >= 4 is 45.2 Å². The Morgan fingerprint density at radius 2 is 1.68 bits per heavy atom. The van der Waals surface area contributed by atoms with E-state index < -0.39 is 0 Å². The van der Waals surface area contributed by atoms with Crippen molar-refractivity contribution in [2.45, 2.75) is 17.1 Å². The topological polar surface area (TPSA) is 52.7 Å². The van der Waals surface area contributed by atoms with E-state index in [0.29, 0.717) is 13.1 Å². The van der Waals surface area contributed by atoms with Gasteiger partial charge in [-0.15, -0.1) is 11.8 Å². The third-order valence-corrected chi connectivity index (χ3v) is 6.30. The van der Waals surface area contributed by atoms with E-state index in [1.54, 1.807) is 0 Å². The van der Waals surface area contributed by atoms with Crippen LogP contribution in [0, 0.1) is 0 Å². The van der Waals surface area contributed by atoms with Crippen LogP contribution >= 0.6 is 27.7 Å². The lowest BCUT2D eigenvalue weighted by atomic mass is 10.2. The number of piperazine rings is 1. The summed E-state index contributed by atoms with van der Waals surface area (Å²) in [4.78, 5) is 29.9. The Morgan fingerprint density at radius 3 is 2.32 bits per heavy atom. The molecule has 0 bridgehead atoms. The van der Waals surface area contributed by atoms with Crippen molar-refractivity contribution < 1.29 is 9.59 Å². The lowest BCUT2D eigenvalue weighted by Crippen LogP contribution is -2.51. The second-order valence-corrected chi connectivity index (χ2v) is 8.97. The molecule has 0 aromatic heterocycles. The van der Waals surface area contributed by atoms with Crippen molar-refractivity contribution in [2.75, 3.05) is 37.6 Å². The molecule has 1 saturated heterocycles. The number of anilines is 1. The third kappa shape index (κ3) is 5.75. The van der Waals surface area contributed by atoms with Crippen molar-refractivity contribution in [3.8, 4) is 0 Å². The number of amides is 2. The van der Waals surface area contributed by atoms with Gasteiger partial charge in [0.2, 0.25) is 11.8 Å². The first-order chi connectivity index (χ1) is 13.5. The van der Waals surface area contributed by atoms with Crippen LogP contribution in [0.5, 0.6) is 0 Å². The summed E-state index contributed by atoms with van der Waals surface area (Å²) >= 11 is 4.88. The number of thioether (sulfide) groups is 1. The molecule has 5 nitrogen and oxygen atoms in total. The van der Waals surface area contributed by atoms with Gasteiger partial charge in [0.25, 0.3) is 0 Å². The molecule has 0 saturated carbocycles. The molecule has 0 aliphatic carbocycles. The maximum Gasteiger partial charge on any atom is 0.242 e. The number of rotatable bonds is 6. The predicted molar refractivity (Wildman–Crippen MR) is 118 cm³/mol. The number of hydrogen-bond donors (Lipinski definition) is 1. The number of carbonyl (C=O) groups excluding carboxylic acids is 2. The average Bonchev–Trinajstić information content (AvgIpc) is 2.74. The Balaban J connectivity index is 1.41. The van der Waals surface area contributed by atoms with E-state index in [2.05, 4.69) is 38.3 Å². The molecule has 1 heterocycles. The lowest BCUT2D eigenvalue weighted by molar-refractivity contribution is -0.132. The Bertz CT molecular complexity index is 793. The predicted octanol–water partition coefficient (Wildman–Crippen LogP) is 3.39. The van der Waals surface area contributed by atoms with Crippen molar-refractivity contribution in [1.29, 1.82) is 0 Å². The quantitative estimate of drug-likeness (QED) is 0.669. The molecule has 3 rings (SSSR count). The first-order valence-corrected chi connectivity index (χ1v) is 11.0. The number of nitrogens with zero attached hydrogens (tertiary/aromatic N) is 2. The summed E-state index contributed by atoms with van der Waals surface area (Å²) in [7, 11) is 0. The van der Waals surface area contributed by atoms with E-state index in [1.807, 2.05) is 54.3 Å². The van der Waals surface area contributed by atoms with Crippen LogP contribution in [0.1, 0.15) is 6.92 Å². The van der Waals surface area contributed by atoms with E-state index in [1.165, 1.54) is 17.4 Å². The normalized spacial score (nSPS) is 15.2. The number of nitrogens with one attached hydrogen (secondary N) is 1. The molecule has 1 unspecified atom stereocenters. The summed E-state index contributed by atoms with van der Waals surface area (Å²) in [5.41, 5.74) is 1.18. The molecule has 1 aliphatic heterocycles. The van der Waals surface area contributed by atoms with Gasteiger partial charge in [0.15, 0.2) is 0 Å². The fourth-order valence-electron chi connectivity index (χ4n) is 3.04. The second-order valence-electron chi connectivity index (χ2n) is 6.64. The first kappa shape index (κ1) is 20.7. The van der Waals surface area contributed by atoms with Crippen LogP contribution in [0.2, 0.25) is 0 Å². The van der Waals surface area contributed by atoms with E-state index in [4.69, 9.17) is 0 Å². The monoisotopic (exact) mass is 461 g/mol. The third-order valence-electron chi connectivity index (χ3n) is 4.66. The number of halogens is 1. The molecule has 0 radical (unpaired) electrons. The summed E-state index contributed by atoms with van der Waals surface area (Å²) in [5.74, 6) is -0.147. The molecule has 7 heteroatoms. The highest BCUT2D eigenvalue weighted by molar-refractivity contribution is 9.10. The SMILES string of the molecule is CC(Sc1ccc(Br)cc1)C(=O)NCC(=O)N1CCN(c2ccccc2)CC1. The fourth-order valence-corrected chi connectivity index (χ4v) is 4.20. The van der Waals surface area contributed by atoms with Gasteiger partial charge in [-0.3, -0.25) is 9.59 Å². The van der Waals surface area contributed by atoms with Gasteiger partial charge < -0.3 is 15.1 Å². The molecular formula is C21H24BrN3O2S. The summed E-state index contributed by atoms with van der Waals surface area (Å²) in [5, 5.41) is 2.52. The van der Waals surface area contributed by atoms with Gasteiger partial charge in [0.05, 0.1) is 11.8 Å². The van der Waals surface area contributed by atoms with Gasteiger partial charge >= 0.3 is 0 Å². The number of benzene rings is 2. The van der Waals surface area contributed by atoms with Crippen molar-refractivity contribution in [2.24, 2.45) is 0 Å². The van der Waals surface area contributed by atoms with Crippen LogP contribution in [0.15, 0.2) is 64.0 Å². The molecule has 148 valence electrons. The molecule has 2 aromatic carbocycles. The Morgan fingerprint density at radius 1 is 1.04 bits per heavy atom. The van der Waals surface area contributed by atoms with Crippen molar-refractivity contribution in [3.63, 3.8) is 0 Å². The molecule has 2 amide bonds. The Labute approximate surface area is 178 Å². The van der Waals surface area contributed by atoms with Gasteiger partial charge in [0, 0.05) is 41.2 Å². The van der Waals surface area contributed by atoms with Crippen molar-refractivity contribution in [3.05, 3.63) is 59.1 Å². The van der Waals surface area contributed by atoms with Gasteiger partial charge in [-0.25, -0.2) is 0 Å². The van der Waals surface area contributed by atoms with Crippen LogP contribution in [-0.4, -0.2) is 54.7 Å². The van der Waals surface area contributed by atoms with Crippen molar-refractivity contribution in [1.82, 2.24) is 10.2 Å². The zero-order valence-electron chi connectivity index (χ0n) is 15.8. The molecule has 28 heavy (non-hydrogen) atoms. The van der Waals surface area contributed by atoms with Gasteiger partial charge in [0.1, 0.15) is 0 Å². The van der Waals surface area contributed by atoms with Crippen LogP contribution in [-0.2, 0) is 9.59 Å². The highest BCUT2D eigenvalue weighted by Crippen LogP contribution is 2.24. The minimum atomic E-state index is -0.260. The summed E-state index contributed by atoms with van der Waals surface area (Å²) < 4.78 is 1.01. The highest BCUT2D eigenvalue weighted by atomic mass is 79.9. The molecule has 1 aliphatic rings.